The van der Waals surface area contributed by atoms with Gasteiger partial charge in [-0.25, -0.2) is 4.79 Å². The van der Waals surface area contributed by atoms with Crippen molar-refractivity contribution < 1.29 is 14.6 Å². The smallest absolute Gasteiger partial charge is 0.314 e. The molecule has 2 aliphatic rings. The Morgan fingerprint density at radius 1 is 1.05 bits per heavy atom. The standard InChI is InChI=1S/C17H32N2O3/c20-15-7-4-6-14(12-15)13-19-17(21)18-10-5-11-22-16-8-2-1-3-9-16/h14-16,20H,1-13H2,(H2,18,19,21). The molecule has 0 heterocycles. The van der Waals surface area contributed by atoms with Crippen LogP contribution in [0.4, 0.5) is 4.79 Å². The molecule has 22 heavy (non-hydrogen) atoms. The number of carbonyl (C=O) groups is 1. The van der Waals surface area contributed by atoms with Crippen LogP contribution >= 0.6 is 0 Å². The second kappa shape index (κ2) is 10.1. The van der Waals surface area contributed by atoms with Gasteiger partial charge in [-0.1, -0.05) is 25.7 Å². The molecule has 2 rings (SSSR count). The summed E-state index contributed by atoms with van der Waals surface area (Å²) in [5.74, 6) is 0.420. The van der Waals surface area contributed by atoms with E-state index in [1.54, 1.807) is 0 Å². The van der Waals surface area contributed by atoms with Crippen LogP contribution in [-0.4, -0.2) is 43.0 Å². The Bertz CT molecular complexity index is 319. The molecule has 2 saturated carbocycles. The van der Waals surface area contributed by atoms with Gasteiger partial charge in [0.05, 0.1) is 12.2 Å². The number of nitrogens with one attached hydrogen (secondary N) is 2. The molecule has 0 aromatic rings. The number of carbonyl (C=O) groups excluding carboxylic acids is 1. The van der Waals surface area contributed by atoms with E-state index in [1.165, 1.54) is 32.1 Å². The molecule has 2 fully saturated rings. The lowest BCUT2D eigenvalue weighted by molar-refractivity contribution is 0.0275. The van der Waals surface area contributed by atoms with E-state index >= 15 is 0 Å². The first-order valence-corrected chi connectivity index (χ1v) is 9.05. The summed E-state index contributed by atoms with van der Waals surface area (Å²) in [6, 6.07) is -0.0993. The van der Waals surface area contributed by atoms with Gasteiger partial charge in [0.15, 0.2) is 0 Å². The fourth-order valence-corrected chi connectivity index (χ4v) is 3.50. The highest BCUT2D eigenvalue weighted by Gasteiger charge is 2.20. The van der Waals surface area contributed by atoms with Crippen LogP contribution in [0.15, 0.2) is 0 Å². The maximum Gasteiger partial charge on any atom is 0.314 e. The fraction of sp³-hybridized carbons (Fsp3) is 0.941. The Hall–Kier alpha value is -0.810. The lowest BCUT2D eigenvalue weighted by Gasteiger charge is -2.25. The number of aliphatic hydroxyl groups is 1. The van der Waals surface area contributed by atoms with Crippen molar-refractivity contribution in [3.05, 3.63) is 0 Å². The topological polar surface area (TPSA) is 70.6 Å². The Morgan fingerprint density at radius 2 is 1.86 bits per heavy atom. The molecule has 2 amide bonds. The van der Waals surface area contributed by atoms with Crippen molar-refractivity contribution in [2.24, 2.45) is 5.92 Å². The average molecular weight is 312 g/mol. The van der Waals surface area contributed by atoms with Crippen LogP contribution < -0.4 is 10.6 Å². The third-order valence-electron chi connectivity index (χ3n) is 4.82. The summed E-state index contributed by atoms with van der Waals surface area (Å²) < 4.78 is 5.83. The van der Waals surface area contributed by atoms with Crippen molar-refractivity contribution in [1.29, 1.82) is 0 Å². The fourth-order valence-electron chi connectivity index (χ4n) is 3.50. The predicted molar refractivity (Wildman–Crippen MR) is 86.8 cm³/mol. The molecule has 0 aromatic heterocycles. The number of rotatable bonds is 7. The largest absolute Gasteiger partial charge is 0.393 e. The van der Waals surface area contributed by atoms with Crippen LogP contribution in [0, 0.1) is 5.92 Å². The SMILES string of the molecule is O=C(NCCCOC1CCCCC1)NCC1CCCC(O)C1. The second-order valence-electron chi connectivity index (χ2n) is 6.81. The summed E-state index contributed by atoms with van der Waals surface area (Å²) in [5.41, 5.74) is 0. The molecular formula is C17H32N2O3. The van der Waals surface area contributed by atoms with Crippen LogP contribution in [0.1, 0.15) is 64.2 Å². The average Bonchev–Trinajstić information content (AvgIpc) is 2.54. The quantitative estimate of drug-likeness (QED) is 0.633. The first kappa shape index (κ1) is 17.5. The van der Waals surface area contributed by atoms with Crippen molar-refractivity contribution in [3.8, 4) is 0 Å². The summed E-state index contributed by atoms with van der Waals surface area (Å²) in [5, 5.41) is 15.4. The maximum atomic E-state index is 11.7. The molecule has 0 bridgehead atoms. The van der Waals surface area contributed by atoms with Gasteiger partial charge >= 0.3 is 6.03 Å². The molecular weight excluding hydrogens is 280 g/mol. The lowest BCUT2D eigenvalue weighted by atomic mass is 9.87. The number of urea groups is 1. The first-order chi connectivity index (χ1) is 10.7. The van der Waals surface area contributed by atoms with Gasteiger partial charge in [-0.2, -0.15) is 0 Å². The third kappa shape index (κ3) is 6.97. The Balaban J connectivity index is 1.43. The van der Waals surface area contributed by atoms with Gasteiger partial charge in [0, 0.05) is 19.7 Å². The number of aliphatic hydroxyl groups excluding tert-OH is 1. The van der Waals surface area contributed by atoms with E-state index in [-0.39, 0.29) is 12.1 Å². The lowest BCUT2D eigenvalue weighted by Crippen LogP contribution is -2.40. The second-order valence-corrected chi connectivity index (χ2v) is 6.81. The van der Waals surface area contributed by atoms with Gasteiger partial charge < -0.3 is 20.5 Å². The minimum atomic E-state index is -0.180. The molecule has 128 valence electrons. The normalized spacial score (nSPS) is 26.6. The zero-order valence-corrected chi connectivity index (χ0v) is 13.7. The van der Waals surface area contributed by atoms with Crippen LogP contribution in [-0.2, 0) is 4.74 Å². The minimum Gasteiger partial charge on any atom is -0.393 e. The number of amides is 2. The van der Waals surface area contributed by atoms with Gasteiger partial charge in [0.25, 0.3) is 0 Å². The highest BCUT2D eigenvalue weighted by molar-refractivity contribution is 5.73. The summed E-state index contributed by atoms with van der Waals surface area (Å²) in [7, 11) is 0. The van der Waals surface area contributed by atoms with Gasteiger partial charge in [-0.15, -0.1) is 0 Å². The minimum absolute atomic E-state index is 0.0993. The van der Waals surface area contributed by atoms with Crippen LogP contribution in [0.2, 0.25) is 0 Å². The van der Waals surface area contributed by atoms with E-state index in [0.29, 0.717) is 25.1 Å². The monoisotopic (exact) mass is 312 g/mol. The highest BCUT2D eigenvalue weighted by Crippen LogP contribution is 2.23. The van der Waals surface area contributed by atoms with Crippen molar-refractivity contribution in [2.45, 2.75) is 76.4 Å². The molecule has 2 aliphatic carbocycles. The van der Waals surface area contributed by atoms with E-state index < -0.39 is 0 Å². The highest BCUT2D eigenvalue weighted by atomic mass is 16.5. The van der Waals surface area contributed by atoms with Crippen LogP contribution in [0.25, 0.3) is 0 Å². The molecule has 0 saturated heterocycles. The van der Waals surface area contributed by atoms with Gasteiger partial charge in [-0.3, -0.25) is 0 Å². The first-order valence-electron chi connectivity index (χ1n) is 9.05. The van der Waals surface area contributed by atoms with Gasteiger partial charge in [-0.05, 0) is 44.4 Å². The van der Waals surface area contributed by atoms with Crippen molar-refractivity contribution in [1.82, 2.24) is 10.6 Å². The molecule has 3 N–H and O–H groups in total. The molecule has 0 spiro atoms. The van der Waals surface area contributed by atoms with Crippen molar-refractivity contribution >= 4 is 6.03 Å². The predicted octanol–water partition coefficient (Wildman–Crippen LogP) is 2.58. The Labute approximate surface area is 134 Å². The number of hydrogen-bond acceptors (Lipinski definition) is 3. The van der Waals surface area contributed by atoms with E-state index in [2.05, 4.69) is 10.6 Å². The van der Waals surface area contributed by atoms with Crippen molar-refractivity contribution in [3.63, 3.8) is 0 Å². The van der Waals surface area contributed by atoms with Crippen molar-refractivity contribution in [2.75, 3.05) is 19.7 Å². The number of hydrogen-bond donors (Lipinski definition) is 3. The summed E-state index contributed by atoms with van der Waals surface area (Å²) >= 11 is 0. The summed E-state index contributed by atoms with van der Waals surface area (Å²) in [6.07, 6.45) is 11.3. The van der Waals surface area contributed by atoms with E-state index in [9.17, 15) is 9.90 Å². The number of ether oxygens (including phenoxy) is 1. The molecule has 0 aromatic carbocycles. The van der Waals surface area contributed by atoms with Gasteiger partial charge in [0.2, 0.25) is 0 Å². The zero-order chi connectivity index (χ0) is 15.6. The summed E-state index contributed by atoms with van der Waals surface area (Å²) in [4.78, 5) is 11.7. The van der Waals surface area contributed by atoms with Gasteiger partial charge in [0.1, 0.15) is 0 Å². The zero-order valence-electron chi connectivity index (χ0n) is 13.7. The van der Waals surface area contributed by atoms with Crippen LogP contribution in [0.5, 0.6) is 0 Å². The molecule has 2 unspecified atom stereocenters. The third-order valence-corrected chi connectivity index (χ3v) is 4.82. The van der Waals surface area contributed by atoms with E-state index in [1.807, 2.05) is 0 Å². The van der Waals surface area contributed by atoms with Crippen LogP contribution in [0.3, 0.4) is 0 Å². The molecule has 2 atom stereocenters. The molecule has 5 nitrogen and oxygen atoms in total. The van der Waals surface area contributed by atoms with E-state index in [0.717, 1.165) is 38.7 Å². The molecule has 0 radical (unpaired) electrons. The summed E-state index contributed by atoms with van der Waals surface area (Å²) in [6.45, 7) is 2.06. The Kier molecular flexibility index (Phi) is 8.02. The molecule has 5 heteroatoms. The molecule has 0 aliphatic heterocycles. The Morgan fingerprint density at radius 3 is 2.64 bits per heavy atom. The van der Waals surface area contributed by atoms with E-state index in [4.69, 9.17) is 4.74 Å². The maximum absolute atomic E-state index is 11.7.